The number of rotatable bonds is 4. The van der Waals surface area contributed by atoms with E-state index in [-0.39, 0.29) is 30.0 Å². The van der Waals surface area contributed by atoms with Crippen molar-refractivity contribution in [3.05, 3.63) is 18.2 Å². The third kappa shape index (κ3) is 3.77. The second-order valence-corrected chi connectivity index (χ2v) is 4.88. The number of carbonyl (C=O) groups is 1. The van der Waals surface area contributed by atoms with Crippen molar-refractivity contribution in [2.45, 2.75) is 38.1 Å². The van der Waals surface area contributed by atoms with Gasteiger partial charge in [0.25, 0.3) is 5.91 Å². The highest BCUT2D eigenvalue weighted by molar-refractivity contribution is 5.78. The van der Waals surface area contributed by atoms with E-state index in [2.05, 4.69) is 5.32 Å². The van der Waals surface area contributed by atoms with Crippen molar-refractivity contribution >= 4 is 11.6 Å². The molecule has 0 radical (unpaired) electrons. The Kier molecular flexibility index (Phi) is 4.49. The molecule has 19 heavy (non-hydrogen) atoms. The van der Waals surface area contributed by atoms with Crippen LogP contribution in [-0.2, 0) is 4.79 Å². The summed E-state index contributed by atoms with van der Waals surface area (Å²) in [5.74, 6) is 0.152. The maximum absolute atomic E-state index is 11.7. The summed E-state index contributed by atoms with van der Waals surface area (Å²) in [5.41, 5.74) is 5.81. The summed E-state index contributed by atoms with van der Waals surface area (Å²) in [6.07, 6.45) is 5.68. The maximum atomic E-state index is 11.7. The summed E-state index contributed by atoms with van der Waals surface area (Å²) in [6, 6.07) is 5.00. The van der Waals surface area contributed by atoms with Gasteiger partial charge in [0, 0.05) is 6.04 Å². The molecule has 4 N–H and O–H groups in total. The van der Waals surface area contributed by atoms with Crippen molar-refractivity contribution < 1.29 is 14.6 Å². The van der Waals surface area contributed by atoms with Crippen LogP contribution >= 0.6 is 0 Å². The van der Waals surface area contributed by atoms with Crippen LogP contribution in [0.3, 0.4) is 0 Å². The fourth-order valence-electron chi connectivity index (χ4n) is 2.32. The molecule has 1 aliphatic carbocycles. The van der Waals surface area contributed by atoms with E-state index in [9.17, 15) is 9.90 Å². The monoisotopic (exact) mass is 264 g/mol. The molecule has 1 saturated carbocycles. The minimum atomic E-state index is -0.144. The molecule has 1 amide bonds. The molecule has 5 nitrogen and oxygen atoms in total. The van der Waals surface area contributed by atoms with E-state index < -0.39 is 0 Å². The summed E-state index contributed by atoms with van der Waals surface area (Å²) < 4.78 is 5.32. The molecule has 5 heteroatoms. The van der Waals surface area contributed by atoms with Gasteiger partial charge in [-0.3, -0.25) is 4.79 Å². The quantitative estimate of drug-likeness (QED) is 0.572. The topological polar surface area (TPSA) is 84.6 Å². The normalized spacial score (nSPS) is 16.0. The Labute approximate surface area is 112 Å². The van der Waals surface area contributed by atoms with Gasteiger partial charge in [-0.15, -0.1) is 0 Å². The number of hydrogen-bond donors (Lipinski definition) is 3. The fraction of sp³-hybridized carbons (Fsp3) is 0.500. The third-order valence-corrected chi connectivity index (χ3v) is 3.37. The molecule has 0 saturated heterocycles. The van der Waals surface area contributed by atoms with Crippen molar-refractivity contribution in [3.63, 3.8) is 0 Å². The zero-order valence-corrected chi connectivity index (χ0v) is 10.9. The summed E-state index contributed by atoms with van der Waals surface area (Å²) in [4.78, 5) is 11.7. The lowest BCUT2D eigenvalue weighted by Crippen LogP contribution is -2.39. The van der Waals surface area contributed by atoms with Crippen molar-refractivity contribution in [2.75, 3.05) is 12.3 Å². The number of amides is 1. The number of aromatic hydroxyl groups is 1. The average Bonchev–Trinajstić information content (AvgIpc) is 2.42. The molecule has 1 aromatic rings. The van der Waals surface area contributed by atoms with E-state index in [0.29, 0.717) is 5.75 Å². The van der Waals surface area contributed by atoms with E-state index in [0.717, 1.165) is 12.8 Å². The van der Waals surface area contributed by atoms with Crippen LogP contribution < -0.4 is 15.8 Å². The molecule has 1 fully saturated rings. The number of phenols is 1. The Morgan fingerprint density at radius 1 is 1.37 bits per heavy atom. The van der Waals surface area contributed by atoms with Crippen molar-refractivity contribution in [3.8, 4) is 11.5 Å². The molecular formula is C14H20N2O3. The van der Waals surface area contributed by atoms with E-state index in [1.54, 1.807) is 12.1 Å². The lowest BCUT2D eigenvalue weighted by molar-refractivity contribution is -0.124. The first kappa shape index (κ1) is 13.5. The second kappa shape index (κ2) is 6.31. The summed E-state index contributed by atoms with van der Waals surface area (Å²) >= 11 is 0. The van der Waals surface area contributed by atoms with Crippen LogP contribution in [0.4, 0.5) is 5.69 Å². The second-order valence-electron chi connectivity index (χ2n) is 4.88. The molecule has 0 aliphatic heterocycles. The van der Waals surface area contributed by atoms with Crippen LogP contribution in [0.15, 0.2) is 18.2 Å². The third-order valence-electron chi connectivity index (χ3n) is 3.37. The molecule has 0 heterocycles. The molecule has 1 aromatic carbocycles. The Bertz CT molecular complexity index is 442. The fourth-order valence-corrected chi connectivity index (χ4v) is 2.32. The number of phenolic OH excluding ortho intramolecular Hbond substituents is 1. The van der Waals surface area contributed by atoms with Crippen molar-refractivity contribution in [1.29, 1.82) is 0 Å². The van der Waals surface area contributed by atoms with Crippen LogP contribution in [0.1, 0.15) is 32.1 Å². The number of nitrogens with two attached hydrogens (primary N) is 1. The van der Waals surface area contributed by atoms with E-state index in [1.165, 1.54) is 25.3 Å². The molecule has 1 aliphatic rings. The van der Waals surface area contributed by atoms with E-state index in [4.69, 9.17) is 10.5 Å². The molecule has 0 aromatic heterocycles. The Morgan fingerprint density at radius 3 is 2.84 bits per heavy atom. The van der Waals surface area contributed by atoms with Gasteiger partial charge in [-0.05, 0) is 25.0 Å². The highest BCUT2D eigenvalue weighted by atomic mass is 16.5. The van der Waals surface area contributed by atoms with Gasteiger partial charge in [0.2, 0.25) is 0 Å². The Hall–Kier alpha value is -1.91. The van der Waals surface area contributed by atoms with Crippen LogP contribution in [0, 0.1) is 0 Å². The standard InChI is InChI=1S/C14H20N2O3/c15-14-11(17)7-4-8-12(14)19-9-13(18)16-10-5-2-1-3-6-10/h4,7-8,10,17H,1-3,5-6,9,15H2,(H,16,18). The van der Waals surface area contributed by atoms with E-state index >= 15 is 0 Å². The van der Waals surface area contributed by atoms with Gasteiger partial charge in [0.15, 0.2) is 6.61 Å². The average molecular weight is 264 g/mol. The number of nitrogen functional groups attached to an aromatic ring is 1. The molecule has 0 spiro atoms. The number of para-hydroxylation sites is 1. The number of benzene rings is 1. The number of anilines is 1. The first-order valence-corrected chi connectivity index (χ1v) is 6.66. The molecule has 2 rings (SSSR count). The summed E-state index contributed by atoms with van der Waals surface area (Å²) in [5, 5.41) is 12.4. The smallest absolute Gasteiger partial charge is 0.258 e. The summed E-state index contributed by atoms with van der Waals surface area (Å²) in [6.45, 7) is -0.0792. The number of nitrogens with one attached hydrogen (secondary N) is 1. The largest absolute Gasteiger partial charge is 0.506 e. The van der Waals surface area contributed by atoms with Gasteiger partial charge < -0.3 is 20.9 Å². The molecular weight excluding hydrogens is 244 g/mol. The Balaban J connectivity index is 1.81. The predicted molar refractivity (Wildman–Crippen MR) is 73.0 cm³/mol. The predicted octanol–water partition coefficient (Wildman–Crippen LogP) is 1.80. The zero-order valence-electron chi connectivity index (χ0n) is 10.9. The van der Waals surface area contributed by atoms with Gasteiger partial charge in [-0.25, -0.2) is 0 Å². The SMILES string of the molecule is Nc1c(O)cccc1OCC(=O)NC1CCCCC1. The number of carbonyl (C=O) groups excluding carboxylic acids is 1. The van der Waals surface area contributed by atoms with Crippen LogP contribution in [-0.4, -0.2) is 23.7 Å². The molecule has 0 atom stereocenters. The minimum Gasteiger partial charge on any atom is -0.506 e. The summed E-state index contributed by atoms with van der Waals surface area (Å²) in [7, 11) is 0. The van der Waals surface area contributed by atoms with Gasteiger partial charge in [0.05, 0.1) is 0 Å². The minimum absolute atomic E-state index is 0.0369. The lowest BCUT2D eigenvalue weighted by Gasteiger charge is -2.22. The van der Waals surface area contributed by atoms with Gasteiger partial charge in [-0.2, -0.15) is 0 Å². The van der Waals surface area contributed by atoms with E-state index in [1.807, 2.05) is 0 Å². The number of ether oxygens (including phenoxy) is 1. The molecule has 0 bridgehead atoms. The van der Waals surface area contributed by atoms with Gasteiger partial charge >= 0.3 is 0 Å². The van der Waals surface area contributed by atoms with Crippen molar-refractivity contribution in [2.24, 2.45) is 0 Å². The van der Waals surface area contributed by atoms with Gasteiger partial charge in [-0.1, -0.05) is 25.3 Å². The van der Waals surface area contributed by atoms with Crippen LogP contribution in [0.2, 0.25) is 0 Å². The molecule has 0 unspecified atom stereocenters. The first-order chi connectivity index (χ1) is 9.16. The van der Waals surface area contributed by atoms with Gasteiger partial charge in [0.1, 0.15) is 17.2 Å². The lowest BCUT2D eigenvalue weighted by atomic mass is 9.95. The zero-order chi connectivity index (χ0) is 13.7. The number of hydrogen-bond acceptors (Lipinski definition) is 4. The maximum Gasteiger partial charge on any atom is 0.258 e. The van der Waals surface area contributed by atoms with Crippen LogP contribution in [0.25, 0.3) is 0 Å². The van der Waals surface area contributed by atoms with Crippen LogP contribution in [0.5, 0.6) is 11.5 Å². The first-order valence-electron chi connectivity index (χ1n) is 6.66. The molecule has 104 valence electrons. The highest BCUT2D eigenvalue weighted by Crippen LogP contribution is 2.29. The highest BCUT2D eigenvalue weighted by Gasteiger charge is 2.16. The van der Waals surface area contributed by atoms with Crippen molar-refractivity contribution in [1.82, 2.24) is 5.32 Å². The Morgan fingerprint density at radius 2 is 2.11 bits per heavy atom.